The summed E-state index contributed by atoms with van der Waals surface area (Å²) in [5.74, 6) is -8.91. The zero-order valence-corrected chi connectivity index (χ0v) is 8.76. The Kier molecular flexibility index (Phi) is 3.09. The van der Waals surface area contributed by atoms with Crippen LogP contribution in [0, 0.1) is 0 Å². The molecule has 0 spiro atoms. The SMILES string of the molecule is COS(=O)(=O)C(F)(F)C(F)(F)c1coc(=O)o1. The van der Waals surface area contributed by atoms with Gasteiger partial charge in [0.15, 0.2) is 0 Å². The summed E-state index contributed by atoms with van der Waals surface area (Å²) >= 11 is 0. The summed E-state index contributed by atoms with van der Waals surface area (Å²) < 4.78 is 84.2. The first-order valence-electron chi connectivity index (χ1n) is 3.71. The molecule has 0 radical (unpaired) electrons. The maximum Gasteiger partial charge on any atom is 0.518 e. The van der Waals surface area contributed by atoms with E-state index in [1.54, 1.807) is 0 Å². The Labute approximate surface area is 90.9 Å². The van der Waals surface area contributed by atoms with Crippen molar-refractivity contribution in [2.75, 3.05) is 7.11 Å². The monoisotopic (exact) mass is 280 g/mol. The maximum absolute atomic E-state index is 13.1. The van der Waals surface area contributed by atoms with Gasteiger partial charge in [0.25, 0.3) is 0 Å². The molecule has 6 nitrogen and oxygen atoms in total. The van der Waals surface area contributed by atoms with Gasteiger partial charge in [-0.15, -0.1) is 0 Å². The number of hydrogen-bond donors (Lipinski definition) is 0. The van der Waals surface area contributed by atoms with Gasteiger partial charge >= 0.3 is 27.1 Å². The molecular formula is C6H4F4O6S. The van der Waals surface area contributed by atoms with Gasteiger partial charge in [0, 0.05) is 0 Å². The summed E-state index contributed by atoms with van der Waals surface area (Å²) in [6.45, 7) is 0. The van der Waals surface area contributed by atoms with E-state index in [1.807, 2.05) is 0 Å². The first-order valence-corrected chi connectivity index (χ1v) is 5.12. The molecule has 0 aliphatic rings. The van der Waals surface area contributed by atoms with Crippen LogP contribution in [0.25, 0.3) is 0 Å². The molecule has 11 heteroatoms. The second-order valence-electron chi connectivity index (χ2n) is 2.66. The minimum atomic E-state index is -5.88. The van der Waals surface area contributed by atoms with E-state index in [9.17, 15) is 30.8 Å². The Morgan fingerprint density at radius 3 is 2.18 bits per heavy atom. The highest BCUT2D eigenvalue weighted by molar-refractivity contribution is 7.87. The van der Waals surface area contributed by atoms with Gasteiger partial charge < -0.3 is 8.83 Å². The molecule has 0 saturated carbocycles. The molecule has 1 rings (SSSR count). The fourth-order valence-corrected chi connectivity index (χ4v) is 1.41. The largest absolute Gasteiger partial charge is 0.518 e. The van der Waals surface area contributed by atoms with Crippen LogP contribution in [-0.2, 0) is 20.2 Å². The van der Waals surface area contributed by atoms with Gasteiger partial charge in [-0.25, -0.2) is 4.79 Å². The Balaban J connectivity index is 3.36. The highest BCUT2D eigenvalue weighted by Gasteiger charge is 2.69. The second kappa shape index (κ2) is 3.84. The van der Waals surface area contributed by atoms with Gasteiger partial charge in [-0.1, -0.05) is 0 Å². The lowest BCUT2D eigenvalue weighted by molar-refractivity contribution is -0.178. The van der Waals surface area contributed by atoms with Crippen LogP contribution in [0.1, 0.15) is 5.76 Å². The van der Waals surface area contributed by atoms with Gasteiger partial charge in [-0.05, 0) is 0 Å². The Morgan fingerprint density at radius 1 is 1.29 bits per heavy atom. The minimum absolute atomic E-state index is 0.110. The molecule has 0 fully saturated rings. The fourth-order valence-electron chi connectivity index (χ4n) is 0.783. The minimum Gasteiger partial charge on any atom is -0.399 e. The number of halogens is 4. The van der Waals surface area contributed by atoms with Gasteiger partial charge in [0.05, 0.1) is 7.11 Å². The standard InChI is InChI=1S/C6H4F4O6S/c1-14-17(12,13)6(9,10)5(7,8)3-2-15-4(11)16-3/h2H,1H3. The van der Waals surface area contributed by atoms with Crippen molar-refractivity contribution in [2.45, 2.75) is 11.2 Å². The smallest absolute Gasteiger partial charge is 0.399 e. The zero-order valence-electron chi connectivity index (χ0n) is 7.95. The summed E-state index contributed by atoms with van der Waals surface area (Å²) in [7, 11) is -5.60. The van der Waals surface area contributed by atoms with E-state index in [2.05, 4.69) is 13.0 Å². The van der Waals surface area contributed by atoms with Crippen molar-refractivity contribution in [1.29, 1.82) is 0 Å². The summed E-state index contributed by atoms with van der Waals surface area (Å²) in [6.07, 6.45) is -0.110. The van der Waals surface area contributed by atoms with Gasteiger partial charge in [-0.3, -0.25) is 4.18 Å². The normalized spacial score (nSPS) is 13.9. The molecule has 0 N–H and O–H groups in total. The van der Waals surface area contributed by atoms with Crippen LogP contribution >= 0.6 is 0 Å². The molecule has 0 amide bonds. The maximum atomic E-state index is 13.1. The molecule has 0 unspecified atom stereocenters. The Hall–Kier alpha value is -1.36. The molecule has 0 aliphatic heterocycles. The molecule has 98 valence electrons. The van der Waals surface area contributed by atoms with Crippen molar-refractivity contribution < 1.29 is 39.0 Å². The molecule has 1 aromatic heterocycles. The highest BCUT2D eigenvalue weighted by atomic mass is 32.2. The van der Waals surface area contributed by atoms with Crippen LogP contribution < -0.4 is 5.82 Å². The van der Waals surface area contributed by atoms with Gasteiger partial charge in [0.1, 0.15) is 6.26 Å². The third-order valence-electron chi connectivity index (χ3n) is 1.66. The van der Waals surface area contributed by atoms with Gasteiger partial charge in [-0.2, -0.15) is 26.0 Å². The quantitative estimate of drug-likeness (QED) is 0.601. The molecule has 0 bridgehead atoms. The van der Waals surface area contributed by atoms with E-state index in [0.29, 0.717) is 0 Å². The Bertz CT molecular complexity index is 555. The van der Waals surface area contributed by atoms with Crippen molar-refractivity contribution in [3.63, 3.8) is 0 Å². The molecular weight excluding hydrogens is 276 g/mol. The predicted molar refractivity (Wildman–Crippen MR) is 42.0 cm³/mol. The molecule has 0 aliphatic carbocycles. The van der Waals surface area contributed by atoms with Crippen LogP contribution in [0.15, 0.2) is 19.9 Å². The number of hydrogen-bond acceptors (Lipinski definition) is 6. The van der Waals surface area contributed by atoms with Crippen molar-refractivity contribution >= 4 is 10.1 Å². The van der Waals surface area contributed by atoms with Crippen LogP contribution in [0.3, 0.4) is 0 Å². The van der Waals surface area contributed by atoms with E-state index < -0.39 is 32.9 Å². The zero-order chi connectivity index (χ0) is 13.5. The van der Waals surface area contributed by atoms with Crippen molar-refractivity contribution in [2.24, 2.45) is 0 Å². The van der Waals surface area contributed by atoms with E-state index in [4.69, 9.17) is 0 Å². The van der Waals surface area contributed by atoms with E-state index >= 15 is 0 Å². The van der Waals surface area contributed by atoms with Crippen LogP contribution in [0.2, 0.25) is 0 Å². The number of alkyl halides is 4. The van der Waals surface area contributed by atoms with Crippen LogP contribution in [0.4, 0.5) is 17.6 Å². The summed E-state index contributed by atoms with van der Waals surface area (Å²) in [4.78, 5) is 10.3. The third kappa shape index (κ3) is 1.95. The lowest BCUT2D eigenvalue weighted by Crippen LogP contribution is -2.45. The van der Waals surface area contributed by atoms with Gasteiger partial charge in [0.2, 0.25) is 5.76 Å². The third-order valence-corrected chi connectivity index (χ3v) is 2.99. The predicted octanol–water partition coefficient (Wildman–Crippen LogP) is 0.894. The topological polar surface area (TPSA) is 86.7 Å². The fraction of sp³-hybridized carbons (Fsp3) is 0.500. The average Bonchev–Trinajstić information content (AvgIpc) is 2.64. The molecule has 17 heavy (non-hydrogen) atoms. The Morgan fingerprint density at radius 2 is 1.82 bits per heavy atom. The first kappa shape index (κ1) is 13.7. The molecule has 1 heterocycles. The van der Waals surface area contributed by atoms with E-state index in [0.717, 1.165) is 0 Å². The average molecular weight is 280 g/mol. The lowest BCUT2D eigenvalue weighted by Gasteiger charge is -2.22. The summed E-state index contributed by atoms with van der Waals surface area (Å²) in [5.41, 5.74) is 0. The van der Waals surface area contributed by atoms with Crippen molar-refractivity contribution in [3.8, 4) is 0 Å². The first-order chi connectivity index (χ1) is 7.56. The summed E-state index contributed by atoms with van der Waals surface area (Å²) in [5, 5.41) is -5.62. The van der Waals surface area contributed by atoms with Crippen LogP contribution in [-0.4, -0.2) is 20.8 Å². The summed E-state index contributed by atoms with van der Waals surface area (Å²) in [6, 6.07) is 0. The number of rotatable bonds is 4. The van der Waals surface area contributed by atoms with Crippen molar-refractivity contribution in [3.05, 3.63) is 22.6 Å². The van der Waals surface area contributed by atoms with E-state index in [-0.39, 0.29) is 13.4 Å². The molecule has 1 aromatic rings. The lowest BCUT2D eigenvalue weighted by atomic mass is 10.3. The van der Waals surface area contributed by atoms with Crippen LogP contribution in [0.5, 0.6) is 0 Å². The molecule has 0 atom stereocenters. The highest BCUT2D eigenvalue weighted by Crippen LogP contribution is 2.46. The van der Waals surface area contributed by atoms with Crippen molar-refractivity contribution in [1.82, 2.24) is 0 Å². The second-order valence-corrected chi connectivity index (χ2v) is 4.42. The molecule has 0 saturated heterocycles. The molecule has 0 aromatic carbocycles. The van der Waals surface area contributed by atoms with E-state index in [1.165, 1.54) is 0 Å².